The zero-order valence-electron chi connectivity index (χ0n) is 22.6. The summed E-state index contributed by atoms with van der Waals surface area (Å²) in [4.78, 5) is 25.2. The number of carbonyl (C=O) groups is 1. The summed E-state index contributed by atoms with van der Waals surface area (Å²) in [6.07, 6.45) is 7.48. The lowest BCUT2D eigenvalue weighted by molar-refractivity contribution is 0.0986. The highest BCUT2D eigenvalue weighted by molar-refractivity contribution is 9.10. The average molecular weight is 611 g/mol. The summed E-state index contributed by atoms with van der Waals surface area (Å²) in [6.45, 7) is 6.97. The Labute approximate surface area is 248 Å². The SMILES string of the molecule is CC(C)(C)c1ccc(/C=C/c2cc(C(=O)N(Cc3cccnc3)c3ccc(Cl)cc3)c3cc(Br)ccc3n2)cc1. The van der Waals surface area contributed by atoms with Gasteiger partial charge < -0.3 is 4.90 Å². The Bertz CT molecular complexity index is 1680. The molecule has 6 heteroatoms. The van der Waals surface area contributed by atoms with Gasteiger partial charge in [-0.25, -0.2) is 4.98 Å². The molecule has 3 aromatic carbocycles. The Hall–Kier alpha value is -3.80. The van der Waals surface area contributed by atoms with Crippen molar-refractivity contribution in [1.82, 2.24) is 9.97 Å². The van der Waals surface area contributed by atoms with Gasteiger partial charge in [-0.1, -0.05) is 84.7 Å². The van der Waals surface area contributed by atoms with Crippen molar-refractivity contribution < 1.29 is 4.79 Å². The molecule has 0 bridgehead atoms. The van der Waals surface area contributed by atoms with Crippen LogP contribution in [0.4, 0.5) is 5.69 Å². The van der Waals surface area contributed by atoms with Crippen LogP contribution in [0.25, 0.3) is 23.1 Å². The molecule has 0 N–H and O–H groups in total. The average Bonchev–Trinajstić information content (AvgIpc) is 2.95. The first-order valence-electron chi connectivity index (χ1n) is 13.0. The van der Waals surface area contributed by atoms with Crippen molar-refractivity contribution in [3.05, 3.63) is 135 Å². The lowest BCUT2D eigenvalue weighted by Crippen LogP contribution is -2.30. The third-order valence-electron chi connectivity index (χ3n) is 6.69. The number of hydrogen-bond acceptors (Lipinski definition) is 3. The Balaban J connectivity index is 1.57. The van der Waals surface area contributed by atoms with Crippen LogP contribution in [0.5, 0.6) is 0 Å². The first-order chi connectivity index (χ1) is 19.2. The fourth-order valence-electron chi connectivity index (χ4n) is 4.48. The molecule has 0 aliphatic heterocycles. The molecular weight excluding hydrogens is 582 g/mol. The van der Waals surface area contributed by atoms with Gasteiger partial charge in [-0.2, -0.15) is 0 Å². The third-order valence-corrected chi connectivity index (χ3v) is 7.44. The molecule has 2 heterocycles. The van der Waals surface area contributed by atoms with Gasteiger partial charge in [-0.05, 0) is 82.8 Å². The Kier molecular flexibility index (Phi) is 8.15. The smallest absolute Gasteiger partial charge is 0.259 e. The fourth-order valence-corrected chi connectivity index (χ4v) is 4.96. The van der Waals surface area contributed by atoms with Crippen LogP contribution in [-0.2, 0) is 12.0 Å². The highest BCUT2D eigenvalue weighted by Gasteiger charge is 2.22. The number of amides is 1. The second-order valence-corrected chi connectivity index (χ2v) is 12.0. The van der Waals surface area contributed by atoms with E-state index in [0.29, 0.717) is 22.8 Å². The van der Waals surface area contributed by atoms with Gasteiger partial charge in [0.1, 0.15) is 0 Å². The van der Waals surface area contributed by atoms with E-state index in [9.17, 15) is 4.79 Å². The summed E-state index contributed by atoms with van der Waals surface area (Å²) < 4.78 is 0.878. The molecule has 5 rings (SSSR count). The molecule has 1 amide bonds. The summed E-state index contributed by atoms with van der Waals surface area (Å²) in [5.74, 6) is -0.138. The van der Waals surface area contributed by atoms with E-state index in [-0.39, 0.29) is 11.3 Å². The molecule has 0 fully saturated rings. The Morgan fingerprint density at radius 1 is 0.950 bits per heavy atom. The van der Waals surface area contributed by atoms with E-state index in [1.807, 2.05) is 60.7 Å². The van der Waals surface area contributed by atoms with Gasteiger partial charge in [0.05, 0.1) is 23.3 Å². The summed E-state index contributed by atoms with van der Waals surface area (Å²) in [6, 6.07) is 27.3. The number of pyridine rings is 2. The van der Waals surface area contributed by atoms with Gasteiger partial charge in [0.15, 0.2) is 0 Å². The second kappa shape index (κ2) is 11.7. The van der Waals surface area contributed by atoms with E-state index in [2.05, 4.69) is 66.0 Å². The number of benzene rings is 3. The van der Waals surface area contributed by atoms with Crippen LogP contribution in [-0.4, -0.2) is 15.9 Å². The molecule has 0 aliphatic carbocycles. The zero-order chi connectivity index (χ0) is 28.3. The molecule has 0 spiro atoms. The highest BCUT2D eigenvalue weighted by Crippen LogP contribution is 2.29. The number of hydrogen-bond donors (Lipinski definition) is 0. The summed E-state index contributed by atoms with van der Waals surface area (Å²) in [5.41, 5.74) is 6.12. The topological polar surface area (TPSA) is 46.1 Å². The predicted octanol–water partition coefficient (Wildman–Crippen LogP) is 9.36. The molecule has 40 heavy (non-hydrogen) atoms. The predicted molar refractivity (Wildman–Crippen MR) is 170 cm³/mol. The summed E-state index contributed by atoms with van der Waals surface area (Å²) in [7, 11) is 0. The van der Waals surface area contributed by atoms with E-state index in [1.165, 1.54) is 5.56 Å². The minimum Gasteiger partial charge on any atom is -0.304 e. The van der Waals surface area contributed by atoms with Crippen LogP contribution >= 0.6 is 27.5 Å². The summed E-state index contributed by atoms with van der Waals surface area (Å²) >= 11 is 9.74. The Morgan fingerprint density at radius 3 is 2.38 bits per heavy atom. The lowest BCUT2D eigenvalue weighted by atomic mass is 9.87. The number of anilines is 1. The van der Waals surface area contributed by atoms with Crippen LogP contribution in [0, 0.1) is 0 Å². The fraction of sp³-hybridized carbons (Fsp3) is 0.147. The van der Waals surface area contributed by atoms with E-state index in [4.69, 9.17) is 16.6 Å². The largest absolute Gasteiger partial charge is 0.304 e. The van der Waals surface area contributed by atoms with Gasteiger partial charge >= 0.3 is 0 Å². The minimum atomic E-state index is -0.138. The van der Waals surface area contributed by atoms with Gasteiger partial charge in [0.25, 0.3) is 5.91 Å². The maximum absolute atomic E-state index is 14.3. The standard InChI is InChI=1S/C34H29BrClN3O/c1-34(2,3)25-9-6-23(7-10-25)8-14-28-20-31(30-19-26(35)11-17-32(30)38-28)33(40)39(22-24-5-4-18-37-21-24)29-15-12-27(36)13-16-29/h4-21H,22H2,1-3H3/b14-8+. The van der Waals surface area contributed by atoms with E-state index in [0.717, 1.165) is 32.2 Å². The lowest BCUT2D eigenvalue weighted by Gasteiger charge is -2.24. The first kappa shape index (κ1) is 27.8. The number of aromatic nitrogens is 2. The second-order valence-electron chi connectivity index (χ2n) is 10.7. The maximum Gasteiger partial charge on any atom is 0.259 e. The normalized spacial score (nSPS) is 11.7. The Morgan fingerprint density at radius 2 is 1.70 bits per heavy atom. The van der Waals surface area contributed by atoms with Crippen molar-refractivity contribution in [2.45, 2.75) is 32.7 Å². The molecule has 200 valence electrons. The van der Waals surface area contributed by atoms with Crippen LogP contribution in [0.15, 0.2) is 102 Å². The zero-order valence-corrected chi connectivity index (χ0v) is 24.9. The van der Waals surface area contributed by atoms with Crippen molar-refractivity contribution in [2.75, 3.05) is 4.90 Å². The summed E-state index contributed by atoms with van der Waals surface area (Å²) in [5, 5.41) is 1.38. The quantitative estimate of drug-likeness (QED) is 0.192. The van der Waals surface area contributed by atoms with Crippen LogP contribution in [0.3, 0.4) is 0 Å². The van der Waals surface area contributed by atoms with Gasteiger partial charge in [0, 0.05) is 33.0 Å². The van der Waals surface area contributed by atoms with Crippen molar-refractivity contribution in [3.8, 4) is 0 Å². The van der Waals surface area contributed by atoms with Crippen molar-refractivity contribution in [1.29, 1.82) is 0 Å². The number of halogens is 2. The monoisotopic (exact) mass is 609 g/mol. The number of carbonyl (C=O) groups excluding carboxylic acids is 1. The van der Waals surface area contributed by atoms with Crippen LogP contribution in [0.1, 0.15) is 53.5 Å². The third kappa shape index (κ3) is 6.49. The molecule has 0 saturated carbocycles. The van der Waals surface area contributed by atoms with Gasteiger partial charge in [0.2, 0.25) is 0 Å². The number of nitrogens with zero attached hydrogens (tertiary/aromatic N) is 3. The van der Waals surface area contributed by atoms with Crippen molar-refractivity contribution in [3.63, 3.8) is 0 Å². The van der Waals surface area contributed by atoms with E-state index >= 15 is 0 Å². The van der Waals surface area contributed by atoms with Crippen LogP contribution < -0.4 is 4.90 Å². The molecule has 2 aromatic heterocycles. The first-order valence-corrected chi connectivity index (χ1v) is 14.2. The van der Waals surface area contributed by atoms with Gasteiger partial charge in [-0.3, -0.25) is 9.78 Å². The number of fused-ring (bicyclic) bond motifs is 1. The molecule has 0 radical (unpaired) electrons. The maximum atomic E-state index is 14.3. The highest BCUT2D eigenvalue weighted by atomic mass is 79.9. The van der Waals surface area contributed by atoms with E-state index < -0.39 is 0 Å². The van der Waals surface area contributed by atoms with Crippen molar-refractivity contribution in [2.24, 2.45) is 0 Å². The molecular formula is C34H29BrClN3O. The molecule has 5 aromatic rings. The molecule has 0 unspecified atom stereocenters. The number of rotatable bonds is 6. The molecule has 0 aliphatic rings. The molecule has 0 atom stereocenters. The van der Waals surface area contributed by atoms with Gasteiger partial charge in [-0.15, -0.1) is 0 Å². The van der Waals surface area contributed by atoms with Crippen LogP contribution in [0.2, 0.25) is 5.02 Å². The minimum absolute atomic E-state index is 0.0947. The van der Waals surface area contributed by atoms with E-state index in [1.54, 1.807) is 29.4 Å². The van der Waals surface area contributed by atoms with Crippen molar-refractivity contribution >= 4 is 62.2 Å². The molecule has 4 nitrogen and oxygen atoms in total. The molecule has 0 saturated heterocycles.